The number of fused-ring (bicyclic) bond motifs is 2. The van der Waals surface area contributed by atoms with Gasteiger partial charge >= 0.3 is 0 Å². The first-order valence-corrected chi connectivity index (χ1v) is 5.99. The predicted molar refractivity (Wildman–Crippen MR) is 64.1 cm³/mol. The molecule has 2 nitrogen and oxygen atoms in total. The van der Waals surface area contributed by atoms with Crippen molar-refractivity contribution in [2.45, 2.75) is 25.5 Å². The average Bonchev–Trinajstić information content (AvgIpc) is 2.92. The van der Waals surface area contributed by atoms with Crippen LogP contribution >= 0.6 is 0 Å². The maximum Gasteiger partial charge on any atom is 0.119 e. The molecule has 2 aliphatic rings. The fourth-order valence-electron chi connectivity index (χ4n) is 2.74. The summed E-state index contributed by atoms with van der Waals surface area (Å²) in [5.41, 5.74) is 6.72. The first-order valence-electron chi connectivity index (χ1n) is 5.99. The van der Waals surface area contributed by atoms with Gasteiger partial charge in [-0.1, -0.05) is 24.3 Å². The summed E-state index contributed by atoms with van der Waals surface area (Å²) in [4.78, 5) is 0. The smallest absolute Gasteiger partial charge is 0.119 e. The van der Waals surface area contributed by atoms with Crippen molar-refractivity contribution >= 4 is 0 Å². The van der Waals surface area contributed by atoms with Crippen LogP contribution in [0, 0.1) is 11.8 Å². The summed E-state index contributed by atoms with van der Waals surface area (Å²) in [7, 11) is 0. The summed E-state index contributed by atoms with van der Waals surface area (Å²) in [5, 5.41) is 0. The normalized spacial score (nSPS) is 30.9. The second kappa shape index (κ2) is 3.95. The molecule has 0 spiro atoms. The van der Waals surface area contributed by atoms with Crippen LogP contribution in [0.5, 0.6) is 5.75 Å². The molecule has 0 saturated heterocycles. The molecule has 1 aromatic rings. The van der Waals surface area contributed by atoms with Gasteiger partial charge in [0.2, 0.25) is 0 Å². The molecule has 0 heterocycles. The van der Waals surface area contributed by atoms with Crippen molar-refractivity contribution in [3.63, 3.8) is 0 Å². The minimum absolute atomic E-state index is 0.388. The molecule has 2 heteroatoms. The summed E-state index contributed by atoms with van der Waals surface area (Å²) in [6.45, 7) is 0.594. The van der Waals surface area contributed by atoms with Gasteiger partial charge in [-0.15, -0.1) is 0 Å². The molecular weight excluding hydrogens is 198 g/mol. The van der Waals surface area contributed by atoms with Crippen molar-refractivity contribution in [1.82, 2.24) is 0 Å². The van der Waals surface area contributed by atoms with E-state index in [-0.39, 0.29) is 0 Å². The van der Waals surface area contributed by atoms with E-state index in [0.29, 0.717) is 18.6 Å². The lowest BCUT2D eigenvalue weighted by Crippen LogP contribution is -2.21. The molecule has 2 N–H and O–H groups in total. The first-order chi connectivity index (χ1) is 7.85. The molecule has 2 aliphatic carbocycles. The van der Waals surface area contributed by atoms with Crippen LogP contribution in [-0.2, 0) is 6.54 Å². The number of hydrogen-bond donors (Lipinski definition) is 1. The van der Waals surface area contributed by atoms with Crippen LogP contribution in [0.4, 0.5) is 0 Å². The minimum Gasteiger partial charge on any atom is -0.490 e. The Morgan fingerprint density at radius 1 is 1.12 bits per heavy atom. The molecule has 3 rings (SSSR count). The Kier molecular flexibility index (Phi) is 2.44. The molecule has 0 amide bonds. The van der Waals surface area contributed by atoms with Gasteiger partial charge in [0.05, 0.1) is 0 Å². The highest BCUT2D eigenvalue weighted by molar-refractivity contribution is 5.28. The third kappa shape index (κ3) is 1.74. The van der Waals surface area contributed by atoms with Gasteiger partial charge in [-0.05, 0) is 36.5 Å². The Bertz CT molecular complexity index is 396. The summed E-state index contributed by atoms with van der Waals surface area (Å²) < 4.78 is 6.02. The fraction of sp³-hybridized carbons (Fsp3) is 0.429. The monoisotopic (exact) mass is 215 g/mol. The Morgan fingerprint density at radius 3 is 2.50 bits per heavy atom. The molecule has 0 aromatic heterocycles. The molecule has 0 aliphatic heterocycles. The highest BCUT2D eigenvalue weighted by atomic mass is 16.5. The number of allylic oxidation sites excluding steroid dienone is 1. The minimum atomic E-state index is 0.388. The molecule has 84 valence electrons. The predicted octanol–water partition coefficient (Wildman–Crippen LogP) is 2.49. The van der Waals surface area contributed by atoms with Gasteiger partial charge < -0.3 is 10.5 Å². The van der Waals surface area contributed by atoms with E-state index >= 15 is 0 Å². The van der Waals surface area contributed by atoms with Crippen molar-refractivity contribution < 1.29 is 4.74 Å². The van der Waals surface area contributed by atoms with Crippen LogP contribution < -0.4 is 10.5 Å². The number of hydrogen-bond acceptors (Lipinski definition) is 2. The molecule has 3 unspecified atom stereocenters. The van der Waals surface area contributed by atoms with E-state index in [1.165, 1.54) is 12.8 Å². The zero-order valence-corrected chi connectivity index (χ0v) is 9.30. The lowest BCUT2D eigenvalue weighted by molar-refractivity contribution is 0.175. The fourth-order valence-corrected chi connectivity index (χ4v) is 2.74. The second-order valence-corrected chi connectivity index (χ2v) is 4.78. The van der Waals surface area contributed by atoms with Crippen molar-refractivity contribution in [2.24, 2.45) is 17.6 Å². The van der Waals surface area contributed by atoms with E-state index in [1.807, 2.05) is 24.3 Å². The molecular formula is C14H17NO. The first kappa shape index (κ1) is 9.91. The number of ether oxygens (including phenoxy) is 1. The van der Waals surface area contributed by atoms with Gasteiger partial charge in [-0.25, -0.2) is 0 Å². The summed E-state index contributed by atoms with van der Waals surface area (Å²) in [6.07, 6.45) is 7.50. The number of rotatable bonds is 3. The highest BCUT2D eigenvalue weighted by Gasteiger charge is 2.37. The van der Waals surface area contributed by atoms with Gasteiger partial charge in [0.15, 0.2) is 0 Å². The van der Waals surface area contributed by atoms with Crippen LogP contribution in [0.2, 0.25) is 0 Å². The topological polar surface area (TPSA) is 35.2 Å². The summed E-state index contributed by atoms with van der Waals surface area (Å²) in [5.74, 6) is 2.38. The van der Waals surface area contributed by atoms with Crippen LogP contribution in [0.15, 0.2) is 36.4 Å². The highest BCUT2D eigenvalue weighted by Crippen LogP contribution is 2.40. The van der Waals surface area contributed by atoms with Gasteiger partial charge in [-0.3, -0.25) is 0 Å². The standard InChI is InChI=1S/C14H17NO/c15-9-10-2-5-13(6-3-10)16-14-8-11-1-4-12(14)7-11/h1-6,11-12,14H,7-9,15H2. The van der Waals surface area contributed by atoms with E-state index < -0.39 is 0 Å². The molecule has 1 saturated carbocycles. The summed E-state index contributed by atoms with van der Waals surface area (Å²) >= 11 is 0. The molecule has 1 aromatic carbocycles. The number of benzene rings is 1. The molecule has 2 bridgehead atoms. The zero-order valence-electron chi connectivity index (χ0n) is 9.30. The quantitative estimate of drug-likeness (QED) is 0.786. The van der Waals surface area contributed by atoms with Crippen LogP contribution in [-0.4, -0.2) is 6.10 Å². The van der Waals surface area contributed by atoms with Gasteiger partial charge in [0.25, 0.3) is 0 Å². The Hall–Kier alpha value is -1.28. The molecule has 3 atom stereocenters. The van der Waals surface area contributed by atoms with Crippen LogP contribution in [0.1, 0.15) is 18.4 Å². The van der Waals surface area contributed by atoms with Gasteiger partial charge in [0.1, 0.15) is 11.9 Å². The van der Waals surface area contributed by atoms with Crippen LogP contribution in [0.3, 0.4) is 0 Å². The summed E-state index contributed by atoms with van der Waals surface area (Å²) in [6, 6.07) is 8.13. The Labute approximate surface area is 96.1 Å². The zero-order chi connectivity index (χ0) is 11.0. The van der Waals surface area contributed by atoms with E-state index in [1.54, 1.807) is 0 Å². The van der Waals surface area contributed by atoms with Gasteiger partial charge in [0, 0.05) is 12.5 Å². The van der Waals surface area contributed by atoms with Crippen molar-refractivity contribution in [1.29, 1.82) is 0 Å². The molecule has 16 heavy (non-hydrogen) atoms. The van der Waals surface area contributed by atoms with E-state index in [2.05, 4.69) is 12.2 Å². The molecule has 1 fully saturated rings. The molecule has 0 radical (unpaired) electrons. The van der Waals surface area contributed by atoms with Gasteiger partial charge in [-0.2, -0.15) is 0 Å². The van der Waals surface area contributed by atoms with Crippen LogP contribution in [0.25, 0.3) is 0 Å². The third-order valence-electron chi connectivity index (χ3n) is 3.66. The van der Waals surface area contributed by atoms with Crippen molar-refractivity contribution in [3.8, 4) is 5.75 Å². The maximum absolute atomic E-state index is 6.02. The van der Waals surface area contributed by atoms with Crippen molar-refractivity contribution in [2.75, 3.05) is 0 Å². The SMILES string of the molecule is NCc1ccc(OC2CC3C=CC2C3)cc1. The largest absolute Gasteiger partial charge is 0.490 e. The Balaban J connectivity index is 1.68. The lowest BCUT2D eigenvalue weighted by atomic mass is 10.0. The Morgan fingerprint density at radius 2 is 1.94 bits per heavy atom. The third-order valence-corrected chi connectivity index (χ3v) is 3.66. The second-order valence-electron chi connectivity index (χ2n) is 4.78. The lowest BCUT2D eigenvalue weighted by Gasteiger charge is -2.20. The van der Waals surface area contributed by atoms with E-state index in [4.69, 9.17) is 10.5 Å². The maximum atomic E-state index is 6.02. The van der Waals surface area contributed by atoms with E-state index in [9.17, 15) is 0 Å². The number of nitrogens with two attached hydrogens (primary N) is 1. The average molecular weight is 215 g/mol. The van der Waals surface area contributed by atoms with E-state index in [0.717, 1.165) is 17.2 Å². The van der Waals surface area contributed by atoms with Crippen molar-refractivity contribution in [3.05, 3.63) is 42.0 Å².